The SMILES string of the molecule is Cc1cc(-c2c[nH]c3nc(C)nc(N)c23)ccn1. The van der Waals surface area contributed by atoms with Gasteiger partial charge in [0.15, 0.2) is 0 Å². The van der Waals surface area contributed by atoms with Crippen LogP contribution < -0.4 is 5.73 Å². The van der Waals surface area contributed by atoms with Crippen molar-refractivity contribution in [2.75, 3.05) is 5.73 Å². The van der Waals surface area contributed by atoms with Crippen LogP contribution in [0.3, 0.4) is 0 Å². The Kier molecular flexibility index (Phi) is 2.26. The molecule has 5 nitrogen and oxygen atoms in total. The molecule has 3 aromatic heterocycles. The van der Waals surface area contributed by atoms with E-state index in [4.69, 9.17) is 5.73 Å². The van der Waals surface area contributed by atoms with Gasteiger partial charge in [0, 0.05) is 23.7 Å². The Morgan fingerprint density at radius 2 is 2.06 bits per heavy atom. The van der Waals surface area contributed by atoms with E-state index < -0.39 is 0 Å². The van der Waals surface area contributed by atoms with Crippen molar-refractivity contribution in [3.05, 3.63) is 36.0 Å². The maximum atomic E-state index is 5.99. The summed E-state index contributed by atoms with van der Waals surface area (Å²) < 4.78 is 0. The van der Waals surface area contributed by atoms with Gasteiger partial charge in [0.1, 0.15) is 17.3 Å². The molecule has 0 spiro atoms. The van der Waals surface area contributed by atoms with E-state index in [0.717, 1.165) is 27.9 Å². The smallest absolute Gasteiger partial charge is 0.143 e. The zero-order chi connectivity index (χ0) is 12.7. The fourth-order valence-corrected chi connectivity index (χ4v) is 2.12. The number of nitrogen functional groups attached to an aromatic ring is 1. The van der Waals surface area contributed by atoms with Gasteiger partial charge in [-0.25, -0.2) is 9.97 Å². The monoisotopic (exact) mass is 239 g/mol. The van der Waals surface area contributed by atoms with Crippen molar-refractivity contribution in [1.82, 2.24) is 19.9 Å². The highest BCUT2D eigenvalue weighted by atomic mass is 15.0. The molecule has 0 aromatic carbocycles. The predicted octanol–water partition coefficient (Wildman–Crippen LogP) is 2.22. The molecule has 0 saturated carbocycles. The number of pyridine rings is 1. The molecule has 3 aromatic rings. The number of anilines is 1. The second-order valence-electron chi connectivity index (χ2n) is 4.27. The van der Waals surface area contributed by atoms with Crippen LogP contribution >= 0.6 is 0 Å². The first-order valence-corrected chi connectivity index (χ1v) is 5.69. The number of nitrogens with two attached hydrogens (primary N) is 1. The number of rotatable bonds is 1. The van der Waals surface area contributed by atoms with Crippen molar-refractivity contribution in [2.45, 2.75) is 13.8 Å². The van der Waals surface area contributed by atoms with Gasteiger partial charge in [0.05, 0.1) is 5.39 Å². The van der Waals surface area contributed by atoms with E-state index >= 15 is 0 Å². The molecule has 18 heavy (non-hydrogen) atoms. The molecule has 0 atom stereocenters. The Labute approximate surface area is 104 Å². The number of aromatic amines is 1. The summed E-state index contributed by atoms with van der Waals surface area (Å²) in [7, 11) is 0. The summed E-state index contributed by atoms with van der Waals surface area (Å²) in [5.74, 6) is 1.17. The van der Waals surface area contributed by atoms with Crippen LogP contribution in [0.4, 0.5) is 5.82 Å². The van der Waals surface area contributed by atoms with Gasteiger partial charge >= 0.3 is 0 Å². The lowest BCUT2D eigenvalue weighted by Gasteiger charge is -2.03. The van der Waals surface area contributed by atoms with Gasteiger partial charge in [0.2, 0.25) is 0 Å². The summed E-state index contributed by atoms with van der Waals surface area (Å²) in [4.78, 5) is 15.9. The van der Waals surface area contributed by atoms with Crippen molar-refractivity contribution < 1.29 is 0 Å². The van der Waals surface area contributed by atoms with Crippen LogP contribution in [0.25, 0.3) is 22.2 Å². The van der Waals surface area contributed by atoms with E-state index in [-0.39, 0.29) is 0 Å². The molecular weight excluding hydrogens is 226 g/mol. The van der Waals surface area contributed by atoms with Gasteiger partial charge in [-0.05, 0) is 31.5 Å². The average molecular weight is 239 g/mol. The molecule has 3 rings (SSSR count). The van der Waals surface area contributed by atoms with Crippen LogP contribution in [0, 0.1) is 13.8 Å². The van der Waals surface area contributed by atoms with Gasteiger partial charge in [-0.2, -0.15) is 0 Å². The fraction of sp³-hybridized carbons (Fsp3) is 0.154. The Morgan fingerprint density at radius 1 is 1.22 bits per heavy atom. The highest BCUT2D eigenvalue weighted by Crippen LogP contribution is 2.30. The number of nitrogens with zero attached hydrogens (tertiary/aromatic N) is 3. The second kappa shape index (κ2) is 3.80. The van der Waals surface area contributed by atoms with Gasteiger partial charge in [-0.15, -0.1) is 0 Å². The highest BCUT2D eigenvalue weighted by molar-refractivity contribution is 6.00. The minimum Gasteiger partial charge on any atom is -0.383 e. The molecule has 0 saturated heterocycles. The molecule has 90 valence electrons. The summed E-state index contributed by atoms with van der Waals surface area (Å²) in [6, 6.07) is 3.97. The lowest BCUT2D eigenvalue weighted by molar-refractivity contribution is 1.09. The third-order valence-corrected chi connectivity index (χ3v) is 2.88. The first-order chi connectivity index (χ1) is 8.65. The van der Waals surface area contributed by atoms with Crippen molar-refractivity contribution >= 4 is 16.9 Å². The Balaban J connectivity index is 2.31. The van der Waals surface area contributed by atoms with Gasteiger partial charge < -0.3 is 10.7 Å². The van der Waals surface area contributed by atoms with E-state index in [1.54, 1.807) is 6.20 Å². The standard InChI is InChI=1S/C13H13N5/c1-7-5-9(3-4-15-7)10-6-16-13-11(10)12(14)17-8(2)18-13/h3-6H,1-2H3,(H3,14,16,17,18). The maximum Gasteiger partial charge on any atom is 0.143 e. The molecular formula is C13H13N5. The molecule has 0 amide bonds. The number of fused-ring (bicyclic) bond motifs is 1. The number of nitrogens with one attached hydrogen (secondary N) is 1. The van der Waals surface area contributed by atoms with Crippen molar-refractivity contribution in [3.63, 3.8) is 0 Å². The van der Waals surface area contributed by atoms with E-state index in [1.165, 1.54) is 0 Å². The first-order valence-electron chi connectivity index (χ1n) is 5.69. The van der Waals surface area contributed by atoms with Crippen LogP contribution in [0.5, 0.6) is 0 Å². The van der Waals surface area contributed by atoms with Crippen LogP contribution in [-0.4, -0.2) is 19.9 Å². The molecule has 0 unspecified atom stereocenters. The zero-order valence-corrected chi connectivity index (χ0v) is 10.2. The van der Waals surface area contributed by atoms with E-state index in [2.05, 4.69) is 19.9 Å². The lowest BCUT2D eigenvalue weighted by atomic mass is 10.1. The normalized spacial score (nSPS) is 11.0. The predicted molar refractivity (Wildman–Crippen MR) is 71.0 cm³/mol. The molecule has 0 aliphatic carbocycles. The molecule has 3 N–H and O–H groups in total. The van der Waals surface area contributed by atoms with Gasteiger partial charge in [0.25, 0.3) is 0 Å². The first kappa shape index (κ1) is 10.7. The van der Waals surface area contributed by atoms with Crippen LogP contribution in [0.2, 0.25) is 0 Å². The van der Waals surface area contributed by atoms with E-state index in [0.29, 0.717) is 11.6 Å². The van der Waals surface area contributed by atoms with Gasteiger partial charge in [-0.1, -0.05) is 0 Å². The molecule has 0 radical (unpaired) electrons. The van der Waals surface area contributed by atoms with Crippen molar-refractivity contribution in [2.24, 2.45) is 0 Å². The topological polar surface area (TPSA) is 80.5 Å². The Bertz CT molecular complexity index is 729. The van der Waals surface area contributed by atoms with Crippen LogP contribution in [0.1, 0.15) is 11.5 Å². The highest BCUT2D eigenvalue weighted by Gasteiger charge is 2.12. The minimum atomic E-state index is 0.503. The lowest BCUT2D eigenvalue weighted by Crippen LogP contribution is -1.96. The molecule has 3 heterocycles. The largest absolute Gasteiger partial charge is 0.383 e. The summed E-state index contributed by atoms with van der Waals surface area (Å²) in [5, 5.41) is 0.867. The Hall–Kier alpha value is -2.43. The zero-order valence-electron chi connectivity index (χ0n) is 10.2. The van der Waals surface area contributed by atoms with Crippen molar-refractivity contribution in [3.8, 4) is 11.1 Å². The summed E-state index contributed by atoms with van der Waals surface area (Å²) in [6.45, 7) is 3.79. The fourth-order valence-electron chi connectivity index (χ4n) is 2.12. The summed E-state index contributed by atoms with van der Waals surface area (Å²) >= 11 is 0. The molecule has 5 heteroatoms. The molecule has 0 bridgehead atoms. The number of aryl methyl sites for hydroxylation is 2. The number of H-pyrrole nitrogens is 1. The maximum absolute atomic E-state index is 5.99. The average Bonchev–Trinajstić information content (AvgIpc) is 2.72. The minimum absolute atomic E-state index is 0.503. The summed E-state index contributed by atoms with van der Waals surface area (Å²) in [6.07, 6.45) is 3.69. The number of hydrogen-bond acceptors (Lipinski definition) is 4. The van der Waals surface area contributed by atoms with E-state index in [1.807, 2.05) is 32.2 Å². The third-order valence-electron chi connectivity index (χ3n) is 2.88. The Morgan fingerprint density at radius 3 is 2.83 bits per heavy atom. The van der Waals surface area contributed by atoms with E-state index in [9.17, 15) is 0 Å². The second-order valence-corrected chi connectivity index (χ2v) is 4.27. The summed E-state index contributed by atoms with van der Waals surface area (Å²) in [5.41, 5.74) is 9.80. The molecule has 0 fully saturated rings. The number of aromatic nitrogens is 4. The van der Waals surface area contributed by atoms with Gasteiger partial charge in [-0.3, -0.25) is 4.98 Å². The van der Waals surface area contributed by atoms with Crippen LogP contribution in [-0.2, 0) is 0 Å². The molecule has 0 aliphatic rings. The quantitative estimate of drug-likeness (QED) is 0.682. The third kappa shape index (κ3) is 1.60. The van der Waals surface area contributed by atoms with Crippen LogP contribution in [0.15, 0.2) is 24.5 Å². The molecule has 0 aliphatic heterocycles. The van der Waals surface area contributed by atoms with Crippen molar-refractivity contribution in [1.29, 1.82) is 0 Å². The number of hydrogen-bond donors (Lipinski definition) is 2.